The van der Waals surface area contributed by atoms with Crippen molar-refractivity contribution >= 4 is 21.9 Å². The first-order valence-corrected chi connectivity index (χ1v) is 12.9. The number of esters is 1. The van der Waals surface area contributed by atoms with Crippen LogP contribution in [0.2, 0.25) is 0 Å². The van der Waals surface area contributed by atoms with Crippen LogP contribution in [0.5, 0.6) is 0 Å². The second-order valence-electron chi connectivity index (χ2n) is 7.66. The van der Waals surface area contributed by atoms with Crippen LogP contribution in [0.4, 0.5) is 0 Å². The highest BCUT2D eigenvalue weighted by atomic mass is 79.9. The van der Waals surface area contributed by atoms with Crippen molar-refractivity contribution in [2.45, 2.75) is 116 Å². The van der Waals surface area contributed by atoms with Crippen LogP contribution in [-0.4, -0.2) is 17.9 Å². The summed E-state index contributed by atoms with van der Waals surface area (Å²) in [6, 6.07) is 0. The Balaban J connectivity index is 3.22. The van der Waals surface area contributed by atoms with E-state index in [1.165, 1.54) is 77.0 Å². The molecule has 0 amide bonds. The molecule has 0 aliphatic carbocycles. The van der Waals surface area contributed by atoms with E-state index >= 15 is 0 Å². The molecule has 3 heteroatoms. The van der Waals surface area contributed by atoms with Crippen LogP contribution in [0.25, 0.3) is 0 Å². The molecule has 2 nitrogen and oxygen atoms in total. The molecule has 0 saturated heterocycles. The van der Waals surface area contributed by atoms with E-state index in [0.717, 1.165) is 31.0 Å². The molecule has 164 valence electrons. The lowest BCUT2D eigenvalue weighted by atomic mass is 10.1. The summed E-state index contributed by atoms with van der Waals surface area (Å²) in [7, 11) is 0. The number of allylic oxidation sites excluding steroid dienone is 4. The maximum absolute atomic E-state index is 11.6. The van der Waals surface area contributed by atoms with E-state index in [0.29, 0.717) is 13.0 Å². The molecule has 28 heavy (non-hydrogen) atoms. The van der Waals surface area contributed by atoms with Gasteiger partial charge in [0.05, 0.1) is 6.61 Å². The van der Waals surface area contributed by atoms with E-state index in [4.69, 9.17) is 4.74 Å². The quantitative estimate of drug-likeness (QED) is 0.0746. The Morgan fingerprint density at radius 3 is 1.96 bits per heavy atom. The van der Waals surface area contributed by atoms with E-state index in [1.807, 2.05) is 0 Å². The molecule has 0 saturated carbocycles. The fraction of sp³-hybridized carbons (Fsp3) is 0.800. The van der Waals surface area contributed by atoms with Gasteiger partial charge in [-0.05, 0) is 51.4 Å². The number of hydrogen-bond acceptors (Lipinski definition) is 2. The first-order valence-electron chi connectivity index (χ1n) is 11.8. The van der Waals surface area contributed by atoms with Gasteiger partial charge in [0, 0.05) is 11.8 Å². The Hall–Kier alpha value is -0.570. The van der Waals surface area contributed by atoms with Gasteiger partial charge >= 0.3 is 5.97 Å². The molecule has 0 aromatic rings. The van der Waals surface area contributed by atoms with Crippen molar-refractivity contribution in [3.8, 4) is 0 Å². The van der Waals surface area contributed by atoms with E-state index < -0.39 is 0 Å². The Morgan fingerprint density at radius 2 is 1.29 bits per heavy atom. The van der Waals surface area contributed by atoms with E-state index in [2.05, 4.69) is 47.2 Å². The molecule has 0 atom stereocenters. The molecule has 0 N–H and O–H groups in total. The predicted molar refractivity (Wildman–Crippen MR) is 127 cm³/mol. The Bertz CT molecular complexity index is 377. The highest BCUT2D eigenvalue weighted by molar-refractivity contribution is 9.09. The number of hydrogen-bond donors (Lipinski definition) is 0. The van der Waals surface area contributed by atoms with Crippen LogP contribution >= 0.6 is 15.9 Å². The number of halogens is 1. The van der Waals surface area contributed by atoms with Crippen LogP contribution in [0.3, 0.4) is 0 Å². The Kier molecular flexibility index (Phi) is 24.0. The number of rotatable bonds is 21. The summed E-state index contributed by atoms with van der Waals surface area (Å²) in [5.74, 6) is -0.0126. The number of carbonyl (C=O) groups excluding carboxylic acids is 1. The molecule has 0 heterocycles. The predicted octanol–water partition coefficient (Wildman–Crippen LogP) is 8.69. The fourth-order valence-corrected chi connectivity index (χ4v) is 3.46. The summed E-state index contributed by atoms with van der Waals surface area (Å²) < 4.78 is 5.30. The third-order valence-corrected chi connectivity index (χ3v) is 5.43. The average Bonchev–Trinajstić information content (AvgIpc) is 2.70. The normalized spacial score (nSPS) is 11.6. The first kappa shape index (κ1) is 27.4. The molecule has 0 bridgehead atoms. The SMILES string of the molecule is CCCCC/C=C\C/C=C\CCCCCCCCOC(=O)CCCCCCBr. The maximum atomic E-state index is 11.6. The topological polar surface area (TPSA) is 26.3 Å². The lowest BCUT2D eigenvalue weighted by molar-refractivity contribution is -0.143. The van der Waals surface area contributed by atoms with E-state index in [1.54, 1.807) is 0 Å². The molecule has 0 radical (unpaired) electrons. The third-order valence-electron chi connectivity index (χ3n) is 4.87. The zero-order chi connectivity index (χ0) is 20.5. The minimum atomic E-state index is -0.0126. The van der Waals surface area contributed by atoms with Gasteiger partial charge in [-0.15, -0.1) is 0 Å². The highest BCUT2D eigenvalue weighted by Crippen LogP contribution is 2.09. The summed E-state index contributed by atoms with van der Waals surface area (Å²) in [4.78, 5) is 11.6. The largest absolute Gasteiger partial charge is 0.466 e. The second-order valence-corrected chi connectivity index (χ2v) is 8.45. The van der Waals surface area contributed by atoms with Gasteiger partial charge < -0.3 is 4.74 Å². The Labute approximate surface area is 183 Å². The lowest BCUT2D eigenvalue weighted by Gasteiger charge is -2.05. The van der Waals surface area contributed by atoms with Crippen molar-refractivity contribution in [3.63, 3.8) is 0 Å². The van der Waals surface area contributed by atoms with Gasteiger partial charge in [0.2, 0.25) is 0 Å². The van der Waals surface area contributed by atoms with E-state index in [9.17, 15) is 4.79 Å². The minimum absolute atomic E-state index is 0.0126. The van der Waals surface area contributed by atoms with Crippen LogP contribution < -0.4 is 0 Å². The third kappa shape index (κ3) is 23.5. The van der Waals surface area contributed by atoms with Gasteiger partial charge in [-0.2, -0.15) is 0 Å². The molecule has 0 fully saturated rings. The summed E-state index contributed by atoms with van der Waals surface area (Å²) in [6.45, 7) is 2.86. The number of carbonyl (C=O) groups is 1. The summed E-state index contributed by atoms with van der Waals surface area (Å²) in [5.41, 5.74) is 0. The monoisotopic (exact) mass is 456 g/mol. The van der Waals surface area contributed by atoms with Crippen LogP contribution in [0.1, 0.15) is 116 Å². The second kappa shape index (κ2) is 24.5. The van der Waals surface area contributed by atoms with Gasteiger partial charge in [-0.3, -0.25) is 4.79 Å². The van der Waals surface area contributed by atoms with Crippen molar-refractivity contribution in [3.05, 3.63) is 24.3 Å². The lowest BCUT2D eigenvalue weighted by Crippen LogP contribution is -2.05. The summed E-state index contributed by atoms with van der Waals surface area (Å²) in [6.07, 6.45) is 29.2. The zero-order valence-corrected chi connectivity index (χ0v) is 20.0. The molecule has 0 aliphatic heterocycles. The molecule has 0 aliphatic rings. The van der Waals surface area contributed by atoms with Gasteiger partial charge in [0.1, 0.15) is 0 Å². The molecule has 0 spiro atoms. The van der Waals surface area contributed by atoms with Gasteiger partial charge in [0.25, 0.3) is 0 Å². The van der Waals surface area contributed by atoms with Crippen molar-refractivity contribution in [1.29, 1.82) is 0 Å². The molecular weight excluding hydrogens is 412 g/mol. The van der Waals surface area contributed by atoms with Gasteiger partial charge in [-0.1, -0.05) is 98.5 Å². The first-order chi connectivity index (χ1) is 13.8. The smallest absolute Gasteiger partial charge is 0.305 e. The van der Waals surface area contributed by atoms with Gasteiger partial charge in [0.15, 0.2) is 0 Å². The van der Waals surface area contributed by atoms with Gasteiger partial charge in [-0.25, -0.2) is 0 Å². The fourth-order valence-electron chi connectivity index (χ4n) is 3.07. The van der Waals surface area contributed by atoms with E-state index in [-0.39, 0.29) is 5.97 Å². The van der Waals surface area contributed by atoms with Crippen molar-refractivity contribution < 1.29 is 9.53 Å². The van der Waals surface area contributed by atoms with Crippen LogP contribution in [-0.2, 0) is 9.53 Å². The minimum Gasteiger partial charge on any atom is -0.466 e. The van der Waals surface area contributed by atoms with Crippen molar-refractivity contribution in [2.75, 3.05) is 11.9 Å². The van der Waals surface area contributed by atoms with Crippen LogP contribution in [0.15, 0.2) is 24.3 Å². The van der Waals surface area contributed by atoms with Crippen molar-refractivity contribution in [2.24, 2.45) is 0 Å². The molecule has 0 aromatic heterocycles. The summed E-state index contributed by atoms with van der Waals surface area (Å²) in [5, 5.41) is 1.06. The molecule has 0 aromatic carbocycles. The zero-order valence-electron chi connectivity index (χ0n) is 18.4. The Morgan fingerprint density at radius 1 is 0.714 bits per heavy atom. The standard InChI is InChI=1S/C25H45BrO2/c1-2-3-4-5-6-7-8-9-10-11-12-13-14-15-18-21-24-28-25(27)22-19-16-17-20-23-26/h6-7,9-10H,2-5,8,11-24H2,1H3/b7-6-,10-9-. The molecule has 0 rings (SSSR count). The molecule has 0 unspecified atom stereocenters. The van der Waals surface area contributed by atoms with Crippen LogP contribution in [0, 0.1) is 0 Å². The number of unbranched alkanes of at least 4 members (excludes halogenated alkanes) is 12. The number of ether oxygens (including phenoxy) is 1. The number of alkyl halides is 1. The maximum Gasteiger partial charge on any atom is 0.305 e. The average molecular weight is 458 g/mol. The summed E-state index contributed by atoms with van der Waals surface area (Å²) >= 11 is 3.43. The highest BCUT2D eigenvalue weighted by Gasteiger charge is 2.02. The van der Waals surface area contributed by atoms with Crippen molar-refractivity contribution in [1.82, 2.24) is 0 Å². The molecular formula is C25H45BrO2.